The van der Waals surface area contributed by atoms with Crippen molar-refractivity contribution in [3.8, 4) is 11.5 Å². The molecule has 0 bridgehead atoms. The molecule has 1 fully saturated rings. The van der Waals surface area contributed by atoms with Crippen molar-refractivity contribution in [1.29, 1.82) is 0 Å². The molecule has 0 aliphatic carbocycles. The van der Waals surface area contributed by atoms with Gasteiger partial charge in [-0.3, -0.25) is 9.69 Å². The molecule has 1 aliphatic heterocycles. The molecule has 138 valence electrons. The van der Waals surface area contributed by atoms with Crippen LogP contribution in [0.5, 0.6) is 11.5 Å². The van der Waals surface area contributed by atoms with Crippen molar-refractivity contribution in [1.82, 2.24) is 0 Å². The summed E-state index contributed by atoms with van der Waals surface area (Å²) < 4.78 is 12.1. The van der Waals surface area contributed by atoms with Gasteiger partial charge in [-0.2, -0.15) is 0 Å². The molecule has 7 heteroatoms. The average Bonchev–Trinajstić information content (AvgIpc) is 3.02. The first kappa shape index (κ1) is 19.4. The van der Waals surface area contributed by atoms with Gasteiger partial charge in [-0.05, 0) is 64.3 Å². The van der Waals surface area contributed by atoms with Crippen molar-refractivity contribution in [3.63, 3.8) is 0 Å². The summed E-state index contributed by atoms with van der Waals surface area (Å²) in [4.78, 5) is 14.3. The minimum atomic E-state index is -0.130. The second kappa shape index (κ2) is 8.55. The Morgan fingerprint density at radius 2 is 2.04 bits per heavy atom. The first-order valence-corrected chi connectivity index (χ1v) is 10.5. The maximum absolute atomic E-state index is 12.5. The van der Waals surface area contributed by atoms with E-state index in [-0.39, 0.29) is 11.3 Å². The zero-order valence-electron chi connectivity index (χ0n) is 14.5. The van der Waals surface area contributed by atoms with Crippen molar-refractivity contribution < 1.29 is 14.3 Å². The standard InChI is InChI=1S/C19H19BrClNO3S/c1-3-8-25-18-15(20)9-12(10-16(18)24-2)19-22(17(23)11-26-19)14-6-4-13(21)5-7-14/h4-7,9-10,19H,3,8,11H2,1-2H3/t19-/m1/s1. The van der Waals surface area contributed by atoms with E-state index in [9.17, 15) is 4.79 Å². The van der Waals surface area contributed by atoms with Crippen molar-refractivity contribution in [2.45, 2.75) is 18.7 Å². The monoisotopic (exact) mass is 455 g/mol. The number of halogens is 2. The van der Waals surface area contributed by atoms with Gasteiger partial charge in [0.25, 0.3) is 0 Å². The minimum Gasteiger partial charge on any atom is -0.493 e. The van der Waals surface area contributed by atoms with Crippen LogP contribution in [0.25, 0.3) is 0 Å². The number of carbonyl (C=O) groups is 1. The normalized spacial score (nSPS) is 16.8. The number of rotatable bonds is 6. The molecule has 2 aromatic carbocycles. The van der Waals surface area contributed by atoms with Crippen LogP contribution in [-0.4, -0.2) is 25.4 Å². The molecule has 4 nitrogen and oxygen atoms in total. The van der Waals surface area contributed by atoms with Gasteiger partial charge in [-0.25, -0.2) is 0 Å². The predicted octanol–water partition coefficient (Wildman–Crippen LogP) is 5.68. The Balaban J connectivity index is 1.97. The maximum Gasteiger partial charge on any atom is 0.238 e. The van der Waals surface area contributed by atoms with Gasteiger partial charge < -0.3 is 9.47 Å². The molecule has 1 aliphatic rings. The second-order valence-corrected chi connectivity index (χ2v) is 8.15. The first-order chi connectivity index (χ1) is 12.5. The number of ether oxygens (including phenoxy) is 2. The van der Waals surface area contributed by atoms with Gasteiger partial charge in [0.15, 0.2) is 11.5 Å². The Morgan fingerprint density at radius 1 is 1.31 bits per heavy atom. The van der Waals surface area contributed by atoms with E-state index in [0.29, 0.717) is 28.9 Å². The molecule has 0 N–H and O–H groups in total. The third-order valence-corrected chi connectivity index (χ3v) is 6.01. The number of amides is 1. The summed E-state index contributed by atoms with van der Waals surface area (Å²) in [7, 11) is 1.62. The van der Waals surface area contributed by atoms with E-state index >= 15 is 0 Å². The van der Waals surface area contributed by atoms with Gasteiger partial charge in [-0.1, -0.05) is 18.5 Å². The van der Waals surface area contributed by atoms with Crippen LogP contribution in [0.15, 0.2) is 40.9 Å². The zero-order chi connectivity index (χ0) is 18.7. The number of thioether (sulfide) groups is 1. The molecule has 1 amide bonds. The Hall–Kier alpha value is -1.37. The van der Waals surface area contributed by atoms with E-state index in [2.05, 4.69) is 22.9 Å². The largest absolute Gasteiger partial charge is 0.493 e. The summed E-state index contributed by atoms with van der Waals surface area (Å²) >= 11 is 11.2. The summed E-state index contributed by atoms with van der Waals surface area (Å²) in [6.45, 7) is 2.67. The molecular weight excluding hydrogens is 438 g/mol. The van der Waals surface area contributed by atoms with E-state index in [0.717, 1.165) is 22.1 Å². The van der Waals surface area contributed by atoms with E-state index in [1.165, 1.54) is 0 Å². The fourth-order valence-corrected chi connectivity index (χ4v) is 4.63. The minimum absolute atomic E-state index is 0.0729. The topological polar surface area (TPSA) is 38.8 Å². The number of nitrogens with zero attached hydrogens (tertiary/aromatic N) is 1. The van der Waals surface area contributed by atoms with Gasteiger partial charge in [0, 0.05) is 10.7 Å². The number of hydrogen-bond acceptors (Lipinski definition) is 4. The molecule has 1 saturated heterocycles. The summed E-state index contributed by atoms with van der Waals surface area (Å²) in [6, 6.07) is 11.3. The smallest absolute Gasteiger partial charge is 0.238 e. The van der Waals surface area contributed by atoms with Gasteiger partial charge in [-0.15, -0.1) is 11.8 Å². The first-order valence-electron chi connectivity index (χ1n) is 8.24. The molecular formula is C19H19BrClNO3S. The average molecular weight is 457 g/mol. The van der Waals surface area contributed by atoms with Crippen molar-refractivity contribution >= 4 is 50.9 Å². The fourth-order valence-electron chi connectivity index (χ4n) is 2.78. The summed E-state index contributed by atoms with van der Waals surface area (Å²) in [5.74, 6) is 1.84. The Morgan fingerprint density at radius 3 is 2.69 bits per heavy atom. The van der Waals surface area contributed by atoms with Crippen LogP contribution < -0.4 is 14.4 Å². The van der Waals surface area contributed by atoms with Gasteiger partial charge >= 0.3 is 0 Å². The SMILES string of the molecule is CCCOc1c(Br)cc([C@H]2SCC(=O)N2c2ccc(Cl)cc2)cc1OC. The van der Waals surface area contributed by atoms with Crippen molar-refractivity contribution in [2.75, 3.05) is 24.4 Å². The number of benzene rings is 2. The lowest BCUT2D eigenvalue weighted by molar-refractivity contribution is -0.115. The van der Waals surface area contributed by atoms with E-state index in [1.54, 1.807) is 35.9 Å². The maximum atomic E-state index is 12.5. The molecule has 0 aromatic heterocycles. The highest BCUT2D eigenvalue weighted by Gasteiger charge is 2.35. The fraction of sp³-hybridized carbons (Fsp3) is 0.316. The number of hydrogen-bond donors (Lipinski definition) is 0. The number of methoxy groups -OCH3 is 1. The molecule has 0 saturated carbocycles. The van der Waals surface area contributed by atoms with Crippen molar-refractivity contribution in [2.24, 2.45) is 0 Å². The van der Waals surface area contributed by atoms with Gasteiger partial charge in [0.05, 0.1) is 23.9 Å². The lowest BCUT2D eigenvalue weighted by Gasteiger charge is -2.25. The molecule has 1 heterocycles. The highest BCUT2D eigenvalue weighted by molar-refractivity contribution is 9.10. The highest BCUT2D eigenvalue weighted by Crippen LogP contribution is 2.46. The summed E-state index contributed by atoms with van der Waals surface area (Å²) in [5.41, 5.74) is 1.80. The predicted molar refractivity (Wildman–Crippen MR) is 111 cm³/mol. The van der Waals surface area contributed by atoms with Crippen LogP contribution in [0.1, 0.15) is 24.3 Å². The van der Waals surface area contributed by atoms with E-state index in [1.807, 2.05) is 24.3 Å². The van der Waals surface area contributed by atoms with Crippen LogP contribution in [-0.2, 0) is 4.79 Å². The van der Waals surface area contributed by atoms with Crippen molar-refractivity contribution in [3.05, 3.63) is 51.5 Å². The van der Waals surface area contributed by atoms with Crippen LogP contribution in [0.4, 0.5) is 5.69 Å². The molecule has 0 unspecified atom stereocenters. The van der Waals surface area contributed by atoms with E-state index in [4.69, 9.17) is 21.1 Å². The number of anilines is 1. The van der Waals surface area contributed by atoms with Crippen LogP contribution in [0.3, 0.4) is 0 Å². The molecule has 26 heavy (non-hydrogen) atoms. The summed E-state index contributed by atoms with van der Waals surface area (Å²) in [6.07, 6.45) is 0.911. The highest BCUT2D eigenvalue weighted by atomic mass is 79.9. The molecule has 2 aromatic rings. The van der Waals surface area contributed by atoms with Gasteiger partial charge in [0.2, 0.25) is 5.91 Å². The Bertz CT molecular complexity index is 800. The Kier molecular flexibility index (Phi) is 6.37. The van der Waals surface area contributed by atoms with Crippen LogP contribution in [0, 0.1) is 0 Å². The van der Waals surface area contributed by atoms with Crippen LogP contribution >= 0.6 is 39.3 Å². The Labute approximate surface area is 170 Å². The molecule has 0 radical (unpaired) electrons. The van der Waals surface area contributed by atoms with E-state index < -0.39 is 0 Å². The zero-order valence-corrected chi connectivity index (χ0v) is 17.7. The lowest BCUT2D eigenvalue weighted by atomic mass is 10.1. The molecule has 3 rings (SSSR count). The number of carbonyl (C=O) groups excluding carboxylic acids is 1. The third-order valence-electron chi connectivity index (χ3n) is 3.96. The van der Waals surface area contributed by atoms with Gasteiger partial charge in [0.1, 0.15) is 5.37 Å². The molecule has 1 atom stereocenters. The molecule has 0 spiro atoms. The van der Waals surface area contributed by atoms with Crippen LogP contribution in [0.2, 0.25) is 5.02 Å². The quantitative estimate of drug-likeness (QED) is 0.561. The summed E-state index contributed by atoms with van der Waals surface area (Å²) in [5, 5.41) is 0.514. The third kappa shape index (κ3) is 3.97. The lowest BCUT2D eigenvalue weighted by Crippen LogP contribution is -2.27. The second-order valence-electron chi connectivity index (χ2n) is 5.79.